The van der Waals surface area contributed by atoms with Crippen LogP contribution in [0.15, 0.2) is 36.5 Å². The zero-order valence-corrected chi connectivity index (χ0v) is 8.30. The summed E-state index contributed by atoms with van der Waals surface area (Å²) >= 11 is 5.85. The zero-order valence-electron chi connectivity index (χ0n) is 7.55. The predicted molar refractivity (Wildman–Crippen MR) is 54.6 cm³/mol. The molecule has 0 saturated heterocycles. The third kappa shape index (κ3) is 1.97. The van der Waals surface area contributed by atoms with Crippen LogP contribution in [0.4, 0.5) is 8.78 Å². The summed E-state index contributed by atoms with van der Waals surface area (Å²) in [6, 6.07) is 6.54. The fourth-order valence-corrected chi connectivity index (χ4v) is 1.49. The molecule has 0 aliphatic rings. The van der Waals surface area contributed by atoms with E-state index in [4.69, 9.17) is 11.6 Å². The Balaban J connectivity index is 2.60. The topological polar surface area (TPSA) is 12.9 Å². The first-order valence-corrected chi connectivity index (χ1v) is 4.62. The van der Waals surface area contributed by atoms with Gasteiger partial charge in [-0.1, -0.05) is 11.6 Å². The van der Waals surface area contributed by atoms with E-state index >= 15 is 0 Å². The van der Waals surface area contributed by atoms with Crippen LogP contribution in [0.3, 0.4) is 0 Å². The fourth-order valence-electron chi connectivity index (χ4n) is 1.27. The van der Waals surface area contributed by atoms with E-state index < -0.39 is 11.6 Å². The van der Waals surface area contributed by atoms with Gasteiger partial charge in [0, 0.05) is 17.8 Å². The van der Waals surface area contributed by atoms with E-state index in [0.717, 1.165) is 6.07 Å². The normalized spacial score (nSPS) is 10.3. The quantitative estimate of drug-likeness (QED) is 0.722. The monoisotopic (exact) mass is 225 g/mol. The Kier molecular flexibility index (Phi) is 2.64. The van der Waals surface area contributed by atoms with Crippen molar-refractivity contribution in [3.63, 3.8) is 0 Å². The molecular formula is C11H6ClF2N. The van der Waals surface area contributed by atoms with Crippen molar-refractivity contribution in [2.24, 2.45) is 0 Å². The lowest BCUT2D eigenvalue weighted by Crippen LogP contribution is -1.89. The van der Waals surface area contributed by atoms with Gasteiger partial charge in [0.15, 0.2) is 0 Å². The van der Waals surface area contributed by atoms with Gasteiger partial charge in [-0.3, -0.25) is 4.98 Å². The standard InChI is InChI=1S/C11H6ClF2N/c12-9-2-1-5-15-11(9)8-4-3-7(13)6-10(8)14/h1-6H. The number of halogens is 3. The molecule has 1 nitrogen and oxygen atoms in total. The second-order valence-corrected chi connectivity index (χ2v) is 3.37. The molecule has 0 saturated carbocycles. The minimum Gasteiger partial charge on any atom is -0.255 e. The van der Waals surface area contributed by atoms with Crippen molar-refractivity contribution in [1.29, 1.82) is 0 Å². The molecule has 1 heterocycles. The molecule has 0 atom stereocenters. The van der Waals surface area contributed by atoms with Crippen LogP contribution in [0.2, 0.25) is 5.02 Å². The lowest BCUT2D eigenvalue weighted by molar-refractivity contribution is 0.585. The highest BCUT2D eigenvalue weighted by atomic mass is 35.5. The van der Waals surface area contributed by atoms with Gasteiger partial charge >= 0.3 is 0 Å². The lowest BCUT2D eigenvalue weighted by Gasteiger charge is -2.04. The average molecular weight is 226 g/mol. The van der Waals surface area contributed by atoms with Crippen LogP contribution in [-0.2, 0) is 0 Å². The number of rotatable bonds is 1. The van der Waals surface area contributed by atoms with E-state index in [1.807, 2.05) is 0 Å². The summed E-state index contributed by atoms with van der Waals surface area (Å²) in [7, 11) is 0. The number of hydrogen-bond donors (Lipinski definition) is 0. The highest BCUT2D eigenvalue weighted by Crippen LogP contribution is 2.27. The summed E-state index contributed by atoms with van der Waals surface area (Å²) in [6.45, 7) is 0. The highest BCUT2D eigenvalue weighted by Gasteiger charge is 2.10. The highest BCUT2D eigenvalue weighted by molar-refractivity contribution is 6.33. The molecule has 15 heavy (non-hydrogen) atoms. The van der Waals surface area contributed by atoms with Crippen molar-refractivity contribution in [3.8, 4) is 11.3 Å². The van der Waals surface area contributed by atoms with Crippen LogP contribution in [0.25, 0.3) is 11.3 Å². The van der Waals surface area contributed by atoms with Gasteiger partial charge < -0.3 is 0 Å². The van der Waals surface area contributed by atoms with E-state index in [1.165, 1.54) is 18.3 Å². The molecule has 0 bridgehead atoms. The average Bonchev–Trinajstić information content (AvgIpc) is 2.20. The van der Waals surface area contributed by atoms with E-state index in [-0.39, 0.29) is 5.56 Å². The Bertz CT molecular complexity index is 500. The molecule has 76 valence electrons. The molecule has 0 aliphatic carbocycles. The first-order chi connectivity index (χ1) is 7.18. The molecule has 0 N–H and O–H groups in total. The fraction of sp³-hybridized carbons (Fsp3) is 0. The van der Waals surface area contributed by atoms with Crippen molar-refractivity contribution >= 4 is 11.6 Å². The first-order valence-electron chi connectivity index (χ1n) is 4.24. The number of nitrogens with zero attached hydrogens (tertiary/aromatic N) is 1. The third-order valence-corrected chi connectivity index (χ3v) is 2.25. The van der Waals surface area contributed by atoms with Crippen molar-refractivity contribution in [2.45, 2.75) is 0 Å². The summed E-state index contributed by atoms with van der Waals surface area (Å²) in [5.74, 6) is -1.29. The molecule has 0 spiro atoms. The minimum absolute atomic E-state index is 0.196. The van der Waals surface area contributed by atoms with Crippen LogP contribution in [0.5, 0.6) is 0 Å². The number of pyridine rings is 1. The molecule has 0 fully saturated rings. The number of hydrogen-bond acceptors (Lipinski definition) is 1. The van der Waals surface area contributed by atoms with Gasteiger partial charge in [-0.25, -0.2) is 8.78 Å². The van der Waals surface area contributed by atoms with Gasteiger partial charge in [0.1, 0.15) is 11.6 Å². The van der Waals surface area contributed by atoms with Crippen LogP contribution in [0, 0.1) is 11.6 Å². The summed E-state index contributed by atoms with van der Waals surface area (Å²) in [5.41, 5.74) is 0.513. The summed E-state index contributed by atoms with van der Waals surface area (Å²) in [4.78, 5) is 3.94. The third-order valence-electron chi connectivity index (χ3n) is 1.94. The maximum absolute atomic E-state index is 13.4. The van der Waals surface area contributed by atoms with Crippen LogP contribution in [0.1, 0.15) is 0 Å². The maximum Gasteiger partial charge on any atom is 0.135 e. The van der Waals surface area contributed by atoms with Gasteiger partial charge in [0.2, 0.25) is 0 Å². The molecule has 2 rings (SSSR count). The van der Waals surface area contributed by atoms with E-state index in [0.29, 0.717) is 10.7 Å². The molecule has 0 unspecified atom stereocenters. The van der Waals surface area contributed by atoms with Crippen LogP contribution < -0.4 is 0 Å². The SMILES string of the molecule is Fc1ccc(-c2ncccc2Cl)c(F)c1. The summed E-state index contributed by atoms with van der Waals surface area (Å²) in [5, 5.41) is 0.336. The van der Waals surface area contributed by atoms with Crippen LogP contribution in [-0.4, -0.2) is 4.98 Å². The molecule has 2 aromatic rings. The first kappa shape index (κ1) is 10.1. The second-order valence-electron chi connectivity index (χ2n) is 2.96. The van der Waals surface area contributed by atoms with Crippen molar-refractivity contribution in [1.82, 2.24) is 4.98 Å². The second kappa shape index (κ2) is 3.95. The lowest BCUT2D eigenvalue weighted by atomic mass is 10.1. The predicted octanol–water partition coefficient (Wildman–Crippen LogP) is 3.68. The van der Waals surface area contributed by atoms with Gasteiger partial charge in [0.25, 0.3) is 0 Å². The number of aromatic nitrogens is 1. The van der Waals surface area contributed by atoms with Crippen molar-refractivity contribution in [3.05, 3.63) is 53.2 Å². The van der Waals surface area contributed by atoms with E-state index in [1.54, 1.807) is 12.1 Å². The maximum atomic E-state index is 13.4. The van der Waals surface area contributed by atoms with Crippen LogP contribution >= 0.6 is 11.6 Å². The van der Waals surface area contributed by atoms with E-state index in [2.05, 4.69) is 4.98 Å². The van der Waals surface area contributed by atoms with Crippen molar-refractivity contribution in [2.75, 3.05) is 0 Å². The molecule has 1 aromatic carbocycles. The Morgan fingerprint density at radius 3 is 2.60 bits per heavy atom. The molecule has 1 aromatic heterocycles. The zero-order chi connectivity index (χ0) is 10.8. The Labute approximate surface area is 90.3 Å². The Morgan fingerprint density at radius 1 is 1.13 bits per heavy atom. The van der Waals surface area contributed by atoms with Gasteiger partial charge in [-0.05, 0) is 24.3 Å². The van der Waals surface area contributed by atoms with E-state index in [9.17, 15) is 8.78 Å². The molecule has 0 amide bonds. The largest absolute Gasteiger partial charge is 0.255 e. The van der Waals surface area contributed by atoms with Gasteiger partial charge in [-0.2, -0.15) is 0 Å². The molecule has 4 heteroatoms. The molecule has 0 radical (unpaired) electrons. The molecular weight excluding hydrogens is 220 g/mol. The smallest absolute Gasteiger partial charge is 0.135 e. The van der Waals surface area contributed by atoms with Gasteiger partial charge in [0.05, 0.1) is 10.7 Å². The summed E-state index contributed by atoms with van der Waals surface area (Å²) < 4.78 is 26.0. The summed E-state index contributed by atoms with van der Waals surface area (Å²) in [6.07, 6.45) is 1.50. The minimum atomic E-state index is -0.671. The number of benzene rings is 1. The Hall–Kier alpha value is -1.48. The van der Waals surface area contributed by atoms with Gasteiger partial charge in [-0.15, -0.1) is 0 Å². The Morgan fingerprint density at radius 2 is 1.93 bits per heavy atom. The van der Waals surface area contributed by atoms with Crippen molar-refractivity contribution < 1.29 is 8.78 Å². The molecule has 0 aliphatic heterocycles.